The molecule has 0 saturated carbocycles. The first-order valence-corrected chi connectivity index (χ1v) is 14.3. The molecule has 4 aromatic heterocycles. The summed E-state index contributed by atoms with van der Waals surface area (Å²) in [6, 6.07) is 11.3. The second kappa shape index (κ2) is 12.8. The molecule has 1 fully saturated rings. The lowest BCUT2D eigenvalue weighted by molar-refractivity contribution is -0.160. The van der Waals surface area contributed by atoms with Gasteiger partial charge in [0.05, 0.1) is 12.3 Å². The van der Waals surface area contributed by atoms with E-state index in [-0.39, 0.29) is 12.5 Å². The van der Waals surface area contributed by atoms with Gasteiger partial charge in [-0.05, 0) is 51.0 Å². The Morgan fingerprint density at radius 2 is 1.93 bits per heavy atom. The quantitative estimate of drug-likeness (QED) is 0.224. The summed E-state index contributed by atoms with van der Waals surface area (Å²) in [5, 5.41) is 4.68. The molecule has 5 rings (SSSR count). The number of nitrogens with zero attached hydrogens (tertiary/aromatic N) is 6. The van der Waals surface area contributed by atoms with Crippen LogP contribution >= 0.6 is 23.3 Å². The molecule has 0 aliphatic carbocycles. The molecule has 1 amide bonds. The molecule has 0 aromatic carbocycles. The number of ether oxygens (including phenoxy) is 2. The molecule has 5 heterocycles. The normalized spacial score (nSPS) is 13.6. The van der Waals surface area contributed by atoms with E-state index in [1.807, 2.05) is 43.3 Å². The van der Waals surface area contributed by atoms with Crippen LogP contribution in [0.5, 0.6) is 11.5 Å². The molecule has 1 N–H and O–H groups in total. The van der Waals surface area contributed by atoms with Crippen LogP contribution in [0.2, 0.25) is 0 Å². The molecule has 0 unspecified atom stereocenters. The SMILES string of the molecule is CCOC(=O)C(=O)N1CCC(c2nsc(Nc3ncc(Sc4ccccn4)cc3Oc3cccnc3C)n2)CC1. The van der Waals surface area contributed by atoms with Gasteiger partial charge >= 0.3 is 11.9 Å². The standard InChI is InChI=1S/C27H27N7O4S2/c1-3-37-26(36)25(35)34-13-9-18(10-14-34)23-31-27(40-33-23)32-24-21(38-20-7-6-12-28-17(20)2)15-19(16-30-24)39-22-8-4-5-11-29-22/h4-8,11-12,15-16,18H,3,9-10,13-14H2,1-2H3,(H,30,31,32,33). The van der Waals surface area contributed by atoms with Crippen molar-refractivity contribution in [2.75, 3.05) is 25.0 Å². The Morgan fingerprint density at radius 1 is 1.10 bits per heavy atom. The maximum Gasteiger partial charge on any atom is 0.397 e. The summed E-state index contributed by atoms with van der Waals surface area (Å²) in [6.45, 7) is 4.63. The van der Waals surface area contributed by atoms with Crippen molar-refractivity contribution in [2.45, 2.75) is 42.5 Å². The fraction of sp³-hybridized carbons (Fsp3) is 0.296. The molecule has 0 atom stereocenters. The van der Waals surface area contributed by atoms with Crippen LogP contribution in [-0.2, 0) is 14.3 Å². The third-order valence-corrected chi connectivity index (χ3v) is 7.68. The second-order valence-electron chi connectivity index (χ2n) is 8.85. The number of hydrogen-bond acceptors (Lipinski definition) is 12. The highest BCUT2D eigenvalue weighted by molar-refractivity contribution is 7.99. The van der Waals surface area contributed by atoms with Crippen molar-refractivity contribution in [3.8, 4) is 11.5 Å². The lowest BCUT2D eigenvalue weighted by Crippen LogP contribution is -2.42. The second-order valence-corrected chi connectivity index (χ2v) is 10.7. The number of anilines is 2. The monoisotopic (exact) mass is 577 g/mol. The van der Waals surface area contributed by atoms with Crippen molar-refractivity contribution in [3.63, 3.8) is 0 Å². The lowest BCUT2D eigenvalue weighted by atomic mass is 9.96. The highest BCUT2D eigenvalue weighted by Gasteiger charge is 2.30. The van der Waals surface area contributed by atoms with Gasteiger partial charge in [0.2, 0.25) is 5.13 Å². The van der Waals surface area contributed by atoms with E-state index < -0.39 is 11.9 Å². The zero-order valence-electron chi connectivity index (χ0n) is 21.9. The van der Waals surface area contributed by atoms with Crippen LogP contribution in [-0.4, -0.2) is 60.8 Å². The molecule has 0 radical (unpaired) electrons. The minimum Gasteiger partial charge on any atom is -0.459 e. The highest BCUT2D eigenvalue weighted by Crippen LogP contribution is 2.37. The van der Waals surface area contributed by atoms with E-state index in [1.165, 1.54) is 28.2 Å². The Morgan fingerprint density at radius 3 is 2.67 bits per heavy atom. The maximum atomic E-state index is 12.2. The number of pyridine rings is 3. The molecule has 13 heteroatoms. The summed E-state index contributed by atoms with van der Waals surface area (Å²) in [5.41, 5.74) is 0.752. The van der Waals surface area contributed by atoms with Crippen LogP contribution in [0.1, 0.15) is 37.2 Å². The number of aromatic nitrogens is 5. The summed E-state index contributed by atoms with van der Waals surface area (Å²) < 4.78 is 15.6. The van der Waals surface area contributed by atoms with Gasteiger partial charge in [0.25, 0.3) is 0 Å². The number of hydrogen-bond donors (Lipinski definition) is 1. The van der Waals surface area contributed by atoms with Crippen molar-refractivity contribution < 1.29 is 19.1 Å². The largest absolute Gasteiger partial charge is 0.459 e. The molecule has 206 valence electrons. The van der Waals surface area contributed by atoms with Crippen LogP contribution in [0.3, 0.4) is 0 Å². The molecular formula is C27H27N7O4S2. The van der Waals surface area contributed by atoms with E-state index in [2.05, 4.69) is 24.6 Å². The predicted octanol–water partition coefficient (Wildman–Crippen LogP) is 4.99. The van der Waals surface area contributed by atoms with E-state index in [1.54, 1.807) is 25.5 Å². The molecule has 4 aromatic rings. The van der Waals surface area contributed by atoms with Crippen molar-refractivity contribution in [2.24, 2.45) is 0 Å². The number of carbonyl (C=O) groups is 2. The maximum absolute atomic E-state index is 12.2. The number of likely N-dealkylation sites (tertiary alicyclic amines) is 1. The van der Waals surface area contributed by atoms with Gasteiger partial charge in [-0.15, -0.1) is 0 Å². The van der Waals surface area contributed by atoms with Crippen LogP contribution < -0.4 is 10.1 Å². The highest BCUT2D eigenvalue weighted by atomic mass is 32.2. The first kappa shape index (κ1) is 27.5. The zero-order chi connectivity index (χ0) is 27.9. The molecule has 0 spiro atoms. The zero-order valence-corrected chi connectivity index (χ0v) is 23.6. The Labute approximate surface area is 239 Å². The van der Waals surface area contributed by atoms with Crippen molar-refractivity contribution in [1.82, 2.24) is 29.2 Å². The summed E-state index contributed by atoms with van der Waals surface area (Å²) in [5.74, 6) is 0.998. The number of piperidine rings is 1. The third kappa shape index (κ3) is 6.72. The molecule has 1 saturated heterocycles. The molecule has 1 aliphatic heterocycles. The van der Waals surface area contributed by atoms with Gasteiger partial charge in [-0.25, -0.2) is 19.7 Å². The lowest BCUT2D eigenvalue weighted by Gasteiger charge is -2.29. The molecular weight excluding hydrogens is 550 g/mol. The molecule has 1 aliphatic rings. The molecule has 0 bridgehead atoms. The Kier molecular flexibility index (Phi) is 8.81. The number of nitrogens with one attached hydrogen (secondary N) is 1. The minimum absolute atomic E-state index is 0.0805. The number of amides is 1. The topological polar surface area (TPSA) is 132 Å². The van der Waals surface area contributed by atoms with Crippen molar-refractivity contribution >= 4 is 46.1 Å². The van der Waals surface area contributed by atoms with E-state index in [9.17, 15) is 9.59 Å². The number of esters is 1. The van der Waals surface area contributed by atoms with Crippen LogP contribution in [0.15, 0.2) is 64.9 Å². The van der Waals surface area contributed by atoms with Gasteiger partial charge in [0, 0.05) is 60.1 Å². The van der Waals surface area contributed by atoms with E-state index >= 15 is 0 Å². The number of aryl methyl sites for hydroxylation is 1. The van der Waals surface area contributed by atoms with Crippen LogP contribution in [0, 0.1) is 6.92 Å². The first-order chi connectivity index (χ1) is 19.5. The van der Waals surface area contributed by atoms with Gasteiger partial charge in [0.15, 0.2) is 11.6 Å². The van der Waals surface area contributed by atoms with Crippen molar-refractivity contribution in [1.29, 1.82) is 0 Å². The van der Waals surface area contributed by atoms with Gasteiger partial charge in [-0.2, -0.15) is 4.37 Å². The predicted molar refractivity (Wildman–Crippen MR) is 150 cm³/mol. The Balaban J connectivity index is 1.30. The molecule has 11 nitrogen and oxygen atoms in total. The van der Waals surface area contributed by atoms with Crippen LogP contribution in [0.4, 0.5) is 10.9 Å². The fourth-order valence-corrected chi connectivity index (χ4v) is 5.51. The summed E-state index contributed by atoms with van der Waals surface area (Å²) >= 11 is 2.71. The number of carbonyl (C=O) groups excluding carboxylic acids is 2. The Bertz CT molecular complexity index is 1480. The van der Waals surface area contributed by atoms with Gasteiger partial charge < -0.3 is 19.7 Å². The third-order valence-electron chi connectivity index (χ3n) is 6.13. The number of rotatable bonds is 8. The smallest absolute Gasteiger partial charge is 0.397 e. The average molecular weight is 578 g/mol. The Hall–Kier alpha value is -4.10. The van der Waals surface area contributed by atoms with E-state index in [0.29, 0.717) is 54.2 Å². The summed E-state index contributed by atoms with van der Waals surface area (Å²) in [6.07, 6.45) is 6.54. The van der Waals surface area contributed by atoms with Gasteiger partial charge in [-0.1, -0.05) is 17.8 Å². The van der Waals surface area contributed by atoms with Crippen LogP contribution in [0.25, 0.3) is 0 Å². The van der Waals surface area contributed by atoms with Crippen molar-refractivity contribution in [3.05, 3.63) is 66.5 Å². The summed E-state index contributed by atoms with van der Waals surface area (Å²) in [7, 11) is 0. The summed E-state index contributed by atoms with van der Waals surface area (Å²) in [4.78, 5) is 44.4. The first-order valence-electron chi connectivity index (χ1n) is 12.7. The average Bonchev–Trinajstić information content (AvgIpc) is 3.44. The van der Waals surface area contributed by atoms with Gasteiger partial charge in [0.1, 0.15) is 16.6 Å². The minimum atomic E-state index is -0.810. The molecule has 40 heavy (non-hydrogen) atoms. The van der Waals surface area contributed by atoms with E-state index in [4.69, 9.17) is 14.5 Å². The fourth-order valence-electron chi connectivity index (χ4n) is 4.09. The van der Waals surface area contributed by atoms with E-state index in [0.717, 1.165) is 15.6 Å². The van der Waals surface area contributed by atoms with Gasteiger partial charge in [-0.3, -0.25) is 9.78 Å².